The highest BCUT2D eigenvalue weighted by Gasteiger charge is 2.22. The Hall–Kier alpha value is -2.96. The van der Waals surface area contributed by atoms with E-state index in [-0.39, 0.29) is 24.8 Å². The van der Waals surface area contributed by atoms with Gasteiger partial charge in [-0.2, -0.15) is 0 Å². The van der Waals surface area contributed by atoms with Crippen molar-refractivity contribution in [1.82, 2.24) is 9.80 Å². The van der Waals surface area contributed by atoms with Gasteiger partial charge in [0.15, 0.2) is 0 Å². The Bertz CT molecular complexity index is 946. The third kappa shape index (κ3) is 7.62. The molecule has 0 aliphatic heterocycles. The SMILES string of the molecule is COCCCN(CC(=O)N(Cc1ccccc1)Cc1cccs1)C(=O)Cc1ccccc1. The number of carbonyl (C=O) groups is 2. The minimum atomic E-state index is -0.0546. The quantitative estimate of drug-likeness (QED) is 0.385. The molecule has 3 rings (SSSR count). The summed E-state index contributed by atoms with van der Waals surface area (Å²) in [5.74, 6) is -0.0995. The molecule has 0 saturated carbocycles. The molecule has 0 saturated heterocycles. The third-order valence-electron chi connectivity index (χ3n) is 5.15. The van der Waals surface area contributed by atoms with E-state index >= 15 is 0 Å². The van der Waals surface area contributed by atoms with Crippen LogP contribution in [0.15, 0.2) is 78.2 Å². The van der Waals surface area contributed by atoms with Crippen molar-refractivity contribution in [2.75, 3.05) is 26.8 Å². The first-order valence-corrected chi connectivity index (χ1v) is 11.7. The van der Waals surface area contributed by atoms with E-state index in [0.29, 0.717) is 32.7 Å². The molecule has 32 heavy (non-hydrogen) atoms. The van der Waals surface area contributed by atoms with E-state index in [4.69, 9.17) is 4.74 Å². The van der Waals surface area contributed by atoms with Crippen molar-refractivity contribution in [2.24, 2.45) is 0 Å². The molecule has 2 aromatic carbocycles. The molecular formula is C26H30N2O3S. The van der Waals surface area contributed by atoms with E-state index in [9.17, 15) is 9.59 Å². The lowest BCUT2D eigenvalue weighted by Gasteiger charge is -2.28. The van der Waals surface area contributed by atoms with Gasteiger partial charge in [0.1, 0.15) is 0 Å². The summed E-state index contributed by atoms with van der Waals surface area (Å²) in [5, 5.41) is 2.01. The highest BCUT2D eigenvalue weighted by atomic mass is 32.1. The second-order valence-electron chi connectivity index (χ2n) is 7.64. The van der Waals surface area contributed by atoms with Gasteiger partial charge in [0, 0.05) is 31.7 Å². The fourth-order valence-electron chi connectivity index (χ4n) is 3.46. The van der Waals surface area contributed by atoms with Gasteiger partial charge in [-0.3, -0.25) is 9.59 Å². The molecule has 168 valence electrons. The number of carbonyl (C=O) groups excluding carboxylic acids is 2. The van der Waals surface area contributed by atoms with Crippen LogP contribution in [-0.4, -0.2) is 48.4 Å². The summed E-state index contributed by atoms with van der Waals surface area (Å²) < 4.78 is 5.16. The lowest BCUT2D eigenvalue weighted by molar-refractivity contribution is -0.141. The van der Waals surface area contributed by atoms with E-state index in [1.54, 1.807) is 23.3 Å². The van der Waals surface area contributed by atoms with Gasteiger partial charge in [0.2, 0.25) is 11.8 Å². The Morgan fingerprint density at radius 2 is 1.50 bits per heavy atom. The summed E-state index contributed by atoms with van der Waals surface area (Å²) in [5.41, 5.74) is 2.01. The number of hydrogen-bond acceptors (Lipinski definition) is 4. The van der Waals surface area contributed by atoms with Crippen molar-refractivity contribution in [3.05, 3.63) is 94.2 Å². The summed E-state index contributed by atoms with van der Waals surface area (Å²) in [6.45, 7) is 2.14. The average molecular weight is 451 g/mol. The van der Waals surface area contributed by atoms with E-state index in [1.165, 1.54) is 0 Å². The van der Waals surface area contributed by atoms with Crippen LogP contribution in [0.1, 0.15) is 22.4 Å². The molecule has 0 aliphatic rings. The molecule has 0 fully saturated rings. The predicted molar refractivity (Wildman–Crippen MR) is 128 cm³/mol. The fraction of sp³-hybridized carbons (Fsp3) is 0.308. The Balaban J connectivity index is 1.72. The summed E-state index contributed by atoms with van der Waals surface area (Å²) in [4.78, 5) is 31.1. The first-order valence-electron chi connectivity index (χ1n) is 10.8. The molecule has 0 aliphatic carbocycles. The van der Waals surface area contributed by atoms with Crippen molar-refractivity contribution in [1.29, 1.82) is 0 Å². The van der Waals surface area contributed by atoms with Crippen LogP contribution in [0.25, 0.3) is 0 Å². The minimum absolute atomic E-state index is 0.0450. The van der Waals surface area contributed by atoms with Crippen LogP contribution in [0.5, 0.6) is 0 Å². The van der Waals surface area contributed by atoms with Crippen LogP contribution in [0.3, 0.4) is 0 Å². The van der Waals surface area contributed by atoms with Crippen molar-refractivity contribution in [2.45, 2.75) is 25.9 Å². The highest BCUT2D eigenvalue weighted by molar-refractivity contribution is 7.09. The molecule has 2 amide bonds. The maximum absolute atomic E-state index is 13.4. The molecule has 3 aromatic rings. The number of amides is 2. The zero-order chi connectivity index (χ0) is 22.6. The number of thiophene rings is 1. The van der Waals surface area contributed by atoms with Gasteiger partial charge in [-0.25, -0.2) is 0 Å². The molecular weight excluding hydrogens is 420 g/mol. The molecule has 0 bridgehead atoms. The molecule has 1 aromatic heterocycles. The van der Waals surface area contributed by atoms with E-state index in [2.05, 4.69) is 0 Å². The lowest BCUT2D eigenvalue weighted by atomic mass is 10.1. The van der Waals surface area contributed by atoms with Crippen LogP contribution in [-0.2, 0) is 33.8 Å². The summed E-state index contributed by atoms with van der Waals surface area (Å²) in [6, 6.07) is 23.6. The van der Waals surface area contributed by atoms with Crippen LogP contribution >= 0.6 is 11.3 Å². The Morgan fingerprint density at radius 3 is 2.12 bits per heavy atom. The molecule has 5 nitrogen and oxygen atoms in total. The zero-order valence-electron chi connectivity index (χ0n) is 18.5. The molecule has 6 heteroatoms. The second-order valence-corrected chi connectivity index (χ2v) is 8.67. The number of ether oxygens (including phenoxy) is 1. The van der Waals surface area contributed by atoms with Gasteiger partial charge in [0.25, 0.3) is 0 Å². The van der Waals surface area contributed by atoms with Gasteiger partial charge in [-0.05, 0) is 29.0 Å². The summed E-state index contributed by atoms with van der Waals surface area (Å²) >= 11 is 1.63. The molecule has 0 spiro atoms. The summed E-state index contributed by atoms with van der Waals surface area (Å²) in [6.07, 6.45) is 0.971. The molecule has 0 unspecified atom stereocenters. The normalized spacial score (nSPS) is 10.7. The van der Waals surface area contributed by atoms with Crippen LogP contribution in [0.2, 0.25) is 0 Å². The molecule has 0 radical (unpaired) electrons. The van der Waals surface area contributed by atoms with E-state index in [0.717, 1.165) is 16.0 Å². The number of rotatable bonds is 12. The first-order chi connectivity index (χ1) is 15.7. The topological polar surface area (TPSA) is 49.9 Å². The lowest BCUT2D eigenvalue weighted by Crippen LogP contribution is -2.43. The minimum Gasteiger partial charge on any atom is -0.385 e. The van der Waals surface area contributed by atoms with E-state index < -0.39 is 0 Å². The largest absolute Gasteiger partial charge is 0.385 e. The van der Waals surface area contributed by atoms with Crippen LogP contribution in [0, 0.1) is 0 Å². The third-order valence-corrected chi connectivity index (χ3v) is 6.01. The van der Waals surface area contributed by atoms with Gasteiger partial charge in [0.05, 0.1) is 19.5 Å². The monoisotopic (exact) mass is 450 g/mol. The van der Waals surface area contributed by atoms with Crippen molar-refractivity contribution in [3.8, 4) is 0 Å². The average Bonchev–Trinajstić information content (AvgIpc) is 3.32. The van der Waals surface area contributed by atoms with E-state index in [1.807, 2.05) is 83.1 Å². The fourth-order valence-corrected chi connectivity index (χ4v) is 4.18. The first kappa shape index (κ1) is 23.7. The number of benzene rings is 2. The Labute approximate surface area is 194 Å². The van der Waals surface area contributed by atoms with Gasteiger partial charge in [-0.15, -0.1) is 11.3 Å². The molecule has 0 N–H and O–H groups in total. The predicted octanol–water partition coefficient (Wildman–Crippen LogP) is 4.38. The van der Waals surface area contributed by atoms with Gasteiger partial charge in [-0.1, -0.05) is 66.7 Å². The maximum atomic E-state index is 13.4. The maximum Gasteiger partial charge on any atom is 0.242 e. The Morgan fingerprint density at radius 1 is 0.812 bits per heavy atom. The van der Waals surface area contributed by atoms with Crippen LogP contribution in [0.4, 0.5) is 0 Å². The Kier molecular flexibility index (Phi) is 9.47. The number of methoxy groups -OCH3 is 1. The number of hydrogen-bond donors (Lipinski definition) is 0. The summed E-state index contributed by atoms with van der Waals surface area (Å²) in [7, 11) is 1.64. The molecule has 1 heterocycles. The zero-order valence-corrected chi connectivity index (χ0v) is 19.3. The van der Waals surface area contributed by atoms with Crippen molar-refractivity contribution < 1.29 is 14.3 Å². The van der Waals surface area contributed by atoms with Gasteiger partial charge >= 0.3 is 0 Å². The molecule has 0 atom stereocenters. The highest BCUT2D eigenvalue weighted by Crippen LogP contribution is 2.15. The van der Waals surface area contributed by atoms with Crippen molar-refractivity contribution in [3.63, 3.8) is 0 Å². The standard InChI is InChI=1S/C26H30N2O3S/c1-31-16-9-15-27(25(29)18-22-10-4-2-5-11-22)21-26(30)28(20-24-14-8-17-32-24)19-23-12-6-3-7-13-23/h2-8,10-14,17H,9,15-16,18-21H2,1H3. The smallest absolute Gasteiger partial charge is 0.242 e. The number of nitrogens with zero attached hydrogens (tertiary/aromatic N) is 2. The van der Waals surface area contributed by atoms with Crippen molar-refractivity contribution >= 4 is 23.2 Å². The van der Waals surface area contributed by atoms with Crippen LogP contribution < -0.4 is 0 Å². The van der Waals surface area contributed by atoms with Gasteiger partial charge < -0.3 is 14.5 Å². The second kappa shape index (κ2) is 12.8.